The van der Waals surface area contributed by atoms with Crippen LogP contribution in [0.3, 0.4) is 0 Å². The van der Waals surface area contributed by atoms with E-state index in [0.29, 0.717) is 36.4 Å². The number of fused-ring (bicyclic) bond motifs is 1. The van der Waals surface area contributed by atoms with Crippen LogP contribution in [0.5, 0.6) is 5.88 Å². The Morgan fingerprint density at radius 3 is 2.75 bits per heavy atom. The highest BCUT2D eigenvalue weighted by Crippen LogP contribution is 2.26. The maximum Gasteiger partial charge on any atom is 0.243 e. The molecule has 9 heteroatoms. The highest BCUT2D eigenvalue weighted by molar-refractivity contribution is 7.89. The summed E-state index contributed by atoms with van der Waals surface area (Å²) in [5, 5.41) is 0. The Morgan fingerprint density at radius 2 is 1.96 bits per heavy atom. The van der Waals surface area contributed by atoms with E-state index >= 15 is 0 Å². The van der Waals surface area contributed by atoms with Crippen molar-refractivity contribution in [1.29, 1.82) is 0 Å². The Hall–Kier alpha value is -2.52. The van der Waals surface area contributed by atoms with Crippen LogP contribution in [0.1, 0.15) is 24.1 Å². The average molecular weight is 401 g/mol. The second-order valence-electron chi connectivity index (χ2n) is 7.13. The predicted molar refractivity (Wildman–Crippen MR) is 105 cm³/mol. The van der Waals surface area contributed by atoms with Gasteiger partial charge in [0.2, 0.25) is 15.9 Å². The van der Waals surface area contributed by atoms with Gasteiger partial charge in [-0.25, -0.2) is 23.4 Å². The molecule has 4 rings (SSSR count). The molecule has 0 aliphatic carbocycles. The molecule has 0 bridgehead atoms. The van der Waals surface area contributed by atoms with Crippen LogP contribution >= 0.6 is 0 Å². The second-order valence-corrected chi connectivity index (χ2v) is 9.07. The van der Waals surface area contributed by atoms with E-state index in [0.717, 1.165) is 35.1 Å². The highest BCUT2D eigenvalue weighted by atomic mass is 32.2. The number of aryl methyl sites for hydroxylation is 1. The van der Waals surface area contributed by atoms with Crippen molar-refractivity contribution in [1.82, 2.24) is 24.2 Å². The number of hydrogen-bond donors (Lipinski definition) is 1. The van der Waals surface area contributed by atoms with Gasteiger partial charge in [0, 0.05) is 24.3 Å². The van der Waals surface area contributed by atoms with Crippen LogP contribution in [0.2, 0.25) is 0 Å². The van der Waals surface area contributed by atoms with Crippen molar-refractivity contribution in [2.24, 2.45) is 5.92 Å². The van der Waals surface area contributed by atoms with Crippen molar-refractivity contribution in [3.05, 3.63) is 42.1 Å². The molecule has 3 aromatic rings. The van der Waals surface area contributed by atoms with Gasteiger partial charge in [0.25, 0.3) is 0 Å². The lowest BCUT2D eigenvalue weighted by atomic mass is 9.99. The Labute approximate surface area is 164 Å². The van der Waals surface area contributed by atoms with E-state index in [4.69, 9.17) is 4.74 Å². The zero-order valence-electron chi connectivity index (χ0n) is 15.9. The molecule has 1 aliphatic heterocycles. The number of nitrogens with zero attached hydrogens (tertiary/aromatic N) is 4. The zero-order valence-corrected chi connectivity index (χ0v) is 16.7. The molecule has 8 nitrogen and oxygen atoms in total. The standard InChI is InChI=1S/C19H23N5O3S/c1-13-14(2)20-11-23-19(13)27-10-15-5-7-24(8-6-15)28(25,26)16-3-4-17-18(9-16)22-12-21-17/h3-4,9,11-12,15H,5-8,10H2,1-2H3,(H,21,22). The predicted octanol–water partition coefficient (Wildman–Crippen LogP) is 2.45. The summed E-state index contributed by atoms with van der Waals surface area (Å²) in [4.78, 5) is 15.7. The van der Waals surface area contributed by atoms with E-state index < -0.39 is 10.0 Å². The second kappa shape index (κ2) is 7.48. The molecular weight excluding hydrogens is 378 g/mol. The molecule has 28 heavy (non-hydrogen) atoms. The molecule has 1 N–H and O–H groups in total. The third-order valence-corrected chi connectivity index (χ3v) is 7.24. The maximum atomic E-state index is 13.0. The minimum atomic E-state index is -3.51. The number of rotatable bonds is 5. The maximum absolute atomic E-state index is 13.0. The lowest BCUT2D eigenvalue weighted by Crippen LogP contribution is -2.39. The fourth-order valence-electron chi connectivity index (χ4n) is 3.40. The normalized spacial score (nSPS) is 16.5. The first-order valence-corrected chi connectivity index (χ1v) is 10.7. The summed E-state index contributed by atoms with van der Waals surface area (Å²) >= 11 is 0. The number of sulfonamides is 1. The smallest absolute Gasteiger partial charge is 0.243 e. The topological polar surface area (TPSA) is 101 Å². The quantitative estimate of drug-likeness (QED) is 0.705. The number of hydrogen-bond acceptors (Lipinski definition) is 6. The SMILES string of the molecule is Cc1ncnc(OCC2CCN(S(=O)(=O)c3ccc4nc[nH]c4c3)CC2)c1C. The molecule has 3 heterocycles. The number of H-pyrrole nitrogens is 1. The van der Waals surface area contributed by atoms with Gasteiger partial charge < -0.3 is 9.72 Å². The van der Waals surface area contributed by atoms with Crippen molar-refractivity contribution in [3.8, 4) is 5.88 Å². The molecule has 1 aliphatic rings. The van der Waals surface area contributed by atoms with Crippen molar-refractivity contribution in [2.75, 3.05) is 19.7 Å². The van der Waals surface area contributed by atoms with Crippen LogP contribution in [-0.4, -0.2) is 52.4 Å². The van der Waals surface area contributed by atoms with Crippen molar-refractivity contribution in [3.63, 3.8) is 0 Å². The Balaban J connectivity index is 1.38. The van der Waals surface area contributed by atoms with Crippen LogP contribution in [0.15, 0.2) is 35.7 Å². The minimum absolute atomic E-state index is 0.297. The lowest BCUT2D eigenvalue weighted by molar-refractivity contribution is 0.180. The number of aromatic amines is 1. The van der Waals surface area contributed by atoms with Crippen LogP contribution in [-0.2, 0) is 10.0 Å². The minimum Gasteiger partial charge on any atom is -0.477 e. The number of imidazole rings is 1. The van der Waals surface area contributed by atoms with Gasteiger partial charge in [-0.15, -0.1) is 0 Å². The molecule has 0 amide bonds. The Bertz CT molecular complexity index is 1090. The average Bonchev–Trinajstić information content (AvgIpc) is 3.17. The van der Waals surface area contributed by atoms with Crippen molar-refractivity contribution in [2.45, 2.75) is 31.6 Å². The van der Waals surface area contributed by atoms with E-state index in [9.17, 15) is 8.42 Å². The van der Waals surface area contributed by atoms with E-state index in [1.165, 1.54) is 6.33 Å². The molecule has 0 saturated carbocycles. The molecule has 0 unspecified atom stereocenters. The zero-order chi connectivity index (χ0) is 19.7. The van der Waals surface area contributed by atoms with Gasteiger partial charge >= 0.3 is 0 Å². The highest BCUT2D eigenvalue weighted by Gasteiger charge is 2.30. The van der Waals surface area contributed by atoms with Gasteiger partial charge in [0.15, 0.2) is 0 Å². The van der Waals surface area contributed by atoms with E-state index in [1.807, 2.05) is 13.8 Å². The first-order valence-electron chi connectivity index (χ1n) is 9.29. The van der Waals surface area contributed by atoms with E-state index in [1.54, 1.807) is 28.8 Å². The van der Waals surface area contributed by atoms with E-state index in [2.05, 4.69) is 19.9 Å². The lowest BCUT2D eigenvalue weighted by Gasteiger charge is -2.31. The van der Waals surface area contributed by atoms with Gasteiger partial charge in [-0.05, 0) is 50.8 Å². The van der Waals surface area contributed by atoms with Crippen LogP contribution in [0.25, 0.3) is 11.0 Å². The molecule has 1 fully saturated rings. The molecule has 0 spiro atoms. The molecule has 1 saturated heterocycles. The molecule has 148 valence electrons. The summed E-state index contributed by atoms with van der Waals surface area (Å²) in [6, 6.07) is 4.99. The van der Waals surface area contributed by atoms with Gasteiger partial charge in [-0.3, -0.25) is 0 Å². The number of benzene rings is 1. The van der Waals surface area contributed by atoms with E-state index in [-0.39, 0.29) is 0 Å². The summed E-state index contributed by atoms with van der Waals surface area (Å²) in [5.41, 5.74) is 3.32. The first kappa shape index (κ1) is 18.8. The largest absolute Gasteiger partial charge is 0.477 e. The molecular formula is C19H23N5O3S. The van der Waals surface area contributed by atoms with Crippen LogP contribution in [0, 0.1) is 19.8 Å². The third-order valence-electron chi connectivity index (χ3n) is 5.35. The van der Waals surface area contributed by atoms with Gasteiger partial charge in [0.05, 0.1) is 28.9 Å². The summed E-state index contributed by atoms with van der Waals surface area (Å²) in [6.45, 7) is 5.37. The number of ether oxygens (including phenoxy) is 1. The fraction of sp³-hybridized carbons (Fsp3) is 0.421. The summed E-state index contributed by atoms with van der Waals surface area (Å²) < 4.78 is 33.4. The molecule has 2 aromatic heterocycles. The monoisotopic (exact) mass is 401 g/mol. The van der Waals surface area contributed by atoms with Crippen molar-refractivity contribution < 1.29 is 13.2 Å². The van der Waals surface area contributed by atoms with Gasteiger partial charge in [0.1, 0.15) is 6.33 Å². The summed E-state index contributed by atoms with van der Waals surface area (Å²) in [5.74, 6) is 0.909. The first-order chi connectivity index (χ1) is 13.4. The number of piperidine rings is 1. The molecule has 1 aromatic carbocycles. The molecule has 0 atom stereocenters. The van der Waals surface area contributed by atoms with Gasteiger partial charge in [-0.1, -0.05) is 0 Å². The van der Waals surface area contributed by atoms with Crippen LogP contribution in [0.4, 0.5) is 0 Å². The molecule has 0 radical (unpaired) electrons. The fourth-order valence-corrected chi connectivity index (χ4v) is 4.90. The summed E-state index contributed by atoms with van der Waals surface area (Å²) in [6.07, 6.45) is 4.58. The van der Waals surface area contributed by atoms with Crippen LogP contribution < -0.4 is 4.74 Å². The Kier molecular flexibility index (Phi) is 5.03. The number of nitrogens with one attached hydrogen (secondary N) is 1. The van der Waals surface area contributed by atoms with Crippen molar-refractivity contribution >= 4 is 21.1 Å². The number of aromatic nitrogens is 4. The van der Waals surface area contributed by atoms with Gasteiger partial charge in [-0.2, -0.15) is 4.31 Å². The third kappa shape index (κ3) is 3.59. The summed E-state index contributed by atoms with van der Waals surface area (Å²) in [7, 11) is -3.51. The Morgan fingerprint density at radius 1 is 1.18 bits per heavy atom.